The molecule has 3 aromatic carbocycles. The Balaban J connectivity index is 1.51. The number of benzene rings is 3. The van der Waals surface area contributed by atoms with Crippen molar-refractivity contribution in [2.45, 2.75) is 50.3 Å². The third-order valence-corrected chi connectivity index (χ3v) is 9.35. The van der Waals surface area contributed by atoms with Crippen LogP contribution in [0.4, 0.5) is 0 Å². The molecule has 1 fully saturated rings. The summed E-state index contributed by atoms with van der Waals surface area (Å²) in [6.45, 7) is 2.05. The highest BCUT2D eigenvalue weighted by Gasteiger charge is 2.48. The van der Waals surface area contributed by atoms with E-state index in [9.17, 15) is 18.5 Å². The van der Waals surface area contributed by atoms with Crippen molar-refractivity contribution in [3.63, 3.8) is 0 Å². The molecule has 1 saturated heterocycles. The molecule has 0 bridgehead atoms. The van der Waals surface area contributed by atoms with Crippen LogP contribution in [0, 0.1) is 0 Å². The standard InChI is InChI=1S/C29H31BO5S/c1-2-8-23-19-36(33,34)28-18-30(32)35-27(29(23)28)16-14-21(20-9-4-3-5-10-20)17-22-13-15-26(31)25-12-7-6-11-24(22)25/h3-7,9-13,15,17,27-28,31-32H,2,8,14,16,18-19H2,1H3/b21-17-/t27-,28+/m1/s1. The lowest BCUT2D eigenvalue weighted by atomic mass is 9.74. The fourth-order valence-electron chi connectivity index (χ4n) is 5.66. The molecule has 2 N–H and O–H groups in total. The summed E-state index contributed by atoms with van der Waals surface area (Å²) in [6.07, 6.45) is 4.65. The number of hydrogen-bond acceptors (Lipinski definition) is 5. The van der Waals surface area contributed by atoms with Crippen molar-refractivity contribution >= 4 is 39.4 Å². The molecule has 0 saturated carbocycles. The van der Waals surface area contributed by atoms with Gasteiger partial charge >= 0.3 is 7.12 Å². The molecule has 186 valence electrons. The van der Waals surface area contributed by atoms with Crippen molar-refractivity contribution in [3.8, 4) is 5.75 Å². The first kappa shape index (κ1) is 24.8. The third-order valence-electron chi connectivity index (χ3n) is 7.28. The first-order valence-electron chi connectivity index (χ1n) is 12.6. The molecule has 2 heterocycles. The number of allylic oxidation sites excluding steroid dienone is 1. The summed E-state index contributed by atoms with van der Waals surface area (Å²) in [5.74, 6) is 0.325. The number of phenolic OH excluding ortho intramolecular Hbond substituents is 1. The maximum Gasteiger partial charge on any atom is 0.456 e. The zero-order valence-corrected chi connectivity index (χ0v) is 21.2. The largest absolute Gasteiger partial charge is 0.507 e. The summed E-state index contributed by atoms with van der Waals surface area (Å²) in [5, 5.41) is 21.8. The van der Waals surface area contributed by atoms with Gasteiger partial charge in [-0.1, -0.05) is 85.7 Å². The second kappa shape index (κ2) is 10.2. The van der Waals surface area contributed by atoms with Crippen LogP contribution in [0.5, 0.6) is 5.75 Å². The smallest absolute Gasteiger partial charge is 0.456 e. The topological polar surface area (TPSA) is 83.8 Å². The maximum atomic E-state index is 12.9. The summed E-state index contributed by atoms with van der Waals surface area (Å²) in [4.78, 5) is 0. The maximum absolute atomic E-state index is 12.9. The Morgan fingerprint density at radius 2 is 1.78 bits per heavy atom. The Bertz CT molecular complexity index is 1430. The molecular weight excluding hydrogens is 471 g/mol. The van der Waals surface area contributed by atoms with Gasteiger partial charge in [0.1, 0.15) is 5.75 Å². The minimum Gasteiger partial charge on any atom is -0.507 e. The Kier molecular flexibility index (Phi) is 7.06. The zero-order chi connectivity index (χ0) is 25.3. The number of fused-ring (bicyclic) bond motifs is 2. The lowest BCUT2D eigenvalue weighted by Crippen LogP contribution is -2.41. The van der Waals surface area contributed by atoms with E-state index in [1.165, 1.54) is 0 Å². The predicted molar refractivity (Wildman–Crippen MR) is 146 cm³/mol. The average molecular weight is 502 g/mol. The van der Waals surface area contributed by atoms with Gasteiger partial charge in [-0.3, -0.25) is 0 Å². The lowest BCUT2D eigenvalue weighted by molar-refractivity contribution is 0.171. The molecule has 3 aromatic rings. The van der Waals surface area contributed by atoms with Crippen molar-refractivity contribution < 1.29 is 23.2 Å². The molecule has 0 unspecified atom stereocenters. The zero-order valence-electron chi connectivity index (χ0n) is 20.4. The Hall–Kier alpha value is -2.87. The van der Waals surface area contributed by atoms with Crippen LogP contribution in [0.1, 0.15) is 43.7 Å². The van der Waals surface area contributed by atoms with Gasteiger partial charge in [-0.25, -0.2) is 8.42 Å². The molecule has 5 rings (SSSR count). The molecule has 2 aliphatic heterocycles. The Labute approximate surface area is 213 Å². The van der Waals surface area contributed by atoms with Gasteiger partial charge in [0, 0.05) is 11.7 Å². The molecule has 0 radical (unpaired) electrons. The van der Waals surface area contributed by atoms with E-state index >= 15 is 0 Å². The van der Waals surface area contributed by atoms with Crippen LogP contribution in [-0.4, -0.2) is 42.8 Å². The van der Waals surface area contributed by atoms with Crippen LogP contribution in [-0.2, 0) is 14.5 Å². The quantitative estimate of drug-likeness (QED) is 0.248. The number of phenols is 1. The Morgan fingerprint density at radius 1 is 1.06 bits per heavy atom. The van der Waals surface area contributed by atoms with E-state index in [1.54, 1.807) is 6.07 Å². The van der Waals surface area contributed by atoms with Crippen molar-refractivity contribution in [1.29, 1.82) is 0 Å². The minimum absolute atomic E-state index is 0.0777. The van der Waals surface area contributed by atoms with Crippen LogP contribution < -0.4 is 0 Å². The van der Waals surface area contributed by atoms with Crippen molar-refractivity contribution in [3.05, 3.63) is 89.0 Å². The summed E-state index contributed by atoms with van der Waals surface area (Å²) in [6, 6.07) is 21.5. The van der Waals surface area contributed by atoms with E-state index in [1.807, 2.05) is 48.5 Å². The molecule has 0 amide bonds. The van der Waals surface area contributed by atoms with Gasteiger partial charge in [0.05, 0.1) is 17.1 Å². The van der Waals surface area contributed by atoms with Crippen LogP contribution in [0.25, 0.3) is 22.4 Å². The molecule has 2 atom stereocenters. The summed E-state index contributed by atoms with van der Waals surface area (Å²) in [5.41, 5.74) is 5.01. The first-order chi connectivity index (χ1) is 17.4. The van der Waals surface area contributed by atoms with Crippen molar-refractivity contribution in [1.82, 2.24) is 0 Å². The van der Waals surface area contributed by atoms with Gasteiger partial charge in [-0.05, 0) is 53.0 Å². The van der Waals surface area contributed by atoms with Crippen LogP contribution in [0.3, 0.4) is 0 Å². The van der Waals surface area contributed by atoms with Crippen molar-refractivity contribution in [2.75, 3.05) is 5.75 Å². The molecule has 5 nitrogen and oxygen atoms in total. The second-order valence-electron chi connectivity index (χ2n) is 9.71. The molecule has 2 aliphatic rings. The molecule has 7 heteroatoms. The lowest BCUT2D eigenvalue weighted by Gasteiger charge is -2.32. The molecule has 36 heavy (non-hydrogen) atoms. The Morgan fingerprint density at radius 3 is 2.53 bits per heavy atom. The van der Waals surface area contributed by atoms with Gasteiger partial charge in [0.2, 0.25) is 0 Å². The normalized spacial score (nSPS) is 21.7. The monoisotopic (exact) mass is 502 g/mol. The predicted octanol–water partition coefficient (Wildman–Crippen LogP) is 5.64. The van der Waals surface area contributed by atoms with Crippen LogP contribution >= 0.6 is 0 Å². The van der Waals surface area contributed by atoms with E-state index in [0.29, 0.717) is 12.8 Å². The number of hydrogen-bond donors (Lipinski definition) is 2. The van der Waals surface area contributed by atoms with Crippen molar-refractivity contribution in [2.24, 2.45) is 0 Å². The van der Waals surface area contributed by atoms with E-state index in [2.05, 4.69) is 25.1 Å². The summed E-state index contributed by atoms with van der Waals surface area (Å²) in [7, 11) is -4.38. The second-order valence-corrected chi connectivity index (χ2v) is 11.9. The average Bonchev–Trinajstić information content (AvgIpc) is 3.13. The van der Waals surface area contributed by atoms with E-state index in [0.717, 1.165) is 51.5 Å². The SMILES string of the molecule is CCCC1=C2[C@@H](CC/C(=C/c3ccc(O)c4ccccc34)c3ccccc3)OB(O)C[C@@H]2S(=O)(=O)C1. The number of aromatic hydroxyl groups is 1. The highest BCUT2D eigenvalue weighted by molar-refractivity contribution is 7.92. The molecule has 0 aromatic heterocycles. The van der Waals surface area contributed by atoms with Crippen LogP contribution in [0.15, 0.2) is 77.9 Å². The summed E-state index contributed by atoms with van der Waals surface area (Å²) < 4.78 is 31.7. The van der Waals surface area contributed by atoms with Gasteiger partial charge in [-0.15, -0.1) is 0 Å². The fraction of sp³-hybridized carbons (Fsp3) is 0.310. The highest BCUT2D eigenvalue weighted by Crippen LogP contribution is 2.41. The summed E-state index contributed by atoms with van der Waals surface area (Å²) >= 11 is 0. The van der Waals surface area contributed by atoms with Gasteiger partial charge in [0.15, 0.2) is 9.84 Å². The van der Waals surface area contributed by atoms with E-state index in [4.69, 9.17) is 4.65 Å². The number of rotatable bonds is 7. The van der Waals surface area contributed by atoms with Crippen LogP contribution in [0.2, 0.25) is 6.32 Å². The van der Waals surface area contributed by atoms with E-state index in [-0.39, 0.29) is 17.8 Å². The minimum atomic E-state index is -3.30. The highest BCUT2D eigenvalue weighted by atomic mass is 32.2. The van der Waals surface area contributed by atoms with Gasteiger partial charge in [0.25, 0.3) is 0 Å². The van der Waals surface area contributed by atoms with Gasteiger partial charge < -0.3 is 14.8 Å². The third kappa shape index (κ3) is 4.88. The van der Waals surface area contributed by atoms with E-state index < -0.39 is 28.3 Å². The molecule has 0 spiro atoms. The molecular formula is C29H31BO5S. The fourth-order valence-corrected chi connectivity index (χ4v) is 7.82. The van der Waals surface area contributed by atoms with Gasteiger partial charge in [-0.2, -0.15) is 0 Å². The number of sulfone groups is 1. The first-order valence-corrected chi connectivity index (χ1v) is 14.3. The molecule has 0 aliphatic carbocycles.